The van der Waals surface area contributed by atoms with E-state index in [-0.39, 0.29) is 12.4 Å². The van der Waals surface area contributed by atoms with Crippen molar-refractivity contribution in [2.45, 2.75) is 11.2 Å². The molecule has 0 spiro atoms. The predicted molar refractivity (Wildman–Crippen MR) is 80.5 cm³/mol. The van der Waals surface area contributed by atoms with Crippen molar-refractivity contribution in [3.05, 3.63) is 66.0 Å². The molecular weight excluding hydrogens is 296 g/mol. The molecule has 3 N–H and O–H groups in total. The summed E-state index contributed by atoms with van der Waals surface area (Å²) in [6.45, 7) is 0. The predicted octanol–water partition coefficient (Wildman–Crippen LogP) is -0.977. The van der Waals surface area contributed by atoms with Crippen molar-refractivity contribution in [1.29, 1.82) is 0 Å². The van der Waals surface area contributed by atoms with Gasteiger partial charge < -0.3 is 18.1 Å². The Balaban J connectivity index is 0.00000180. The SMILES string of the molecule is [Cl-].[NH3+]C(=S)C(S)(Cc1ccccc1)c1ccccn1. The van der Waals surface area contributed by atoms with Crippen LogP contribution in [0.1, 0.15) is 11.3 Å². The molecule has 2 nitrogen and oxygen atoms in total. The number of aromatic nitrogens is 1. The van der Waals surface area contributed by atoms with Crippen LogP contribution in [0, 0.1) is 0 Å². The zero-order valence-electron chi connectivity index (χ0n) is 10.3. The van der Waals surface area contributed by atoms with E-state index in [1.54, 1.807) is 6.20 Å². The first kappa shape index (κ1) is 16.1. The molecule has 2 rings (SSSR count). The van der Waals surface area contributed by atoms with Crippen LogP contribution in [0.25, 0.3) is 0 Å². The molecule has 0 aliphatic carbocycles. The molecule has 0 bridgehead atoms. The molecule has 0 amide bonds. The minimum absolute atomic E-state index is 0. The number of nitrogens with zero attached hydrogens (tertiary/aromatic N) is 1. The highest BCUT2D eigenvalue weighted by molar-refractivity contribution is 7.86. The normalized spacial score (nSPS) is 13.2. The van der Waals surface area contributed by atoms with Crippen molar-refractivity contribution < 1.29 is 18.1 Å². The average Bonchev–Trinajstić information content (AvgIpc) is 2.40. The molecule has 0 aliphatic rings. The molecule has 2 aromatic rings. The number of benzene rings is 1. The molecule has 1 atom stereocenters. The Kier molecular flexibility index (Phi) is 5.94. The van der Waals surface area contributed by atoms with Crippen molar-refractivity contribution in [3.8, 4) is 0 Å². The first-order chi connectivity index (χ1) is 8.63. The van der Waals surface area contributed by atoms with Crippen LogP contribution < -0.4 is 18.1 Å². The van der Waals surface area contributed by atoms with Gasteiger partial charge in [-0.25, -0.2) is 0 Å². The van der Waals surface area contributed by atoms with Gasteiger partial charge in [-0.2, -0.15) is 12.6 Å². The molecule has 0 saturated heterocycles. The number of pyridine rings is 1. The Hall–Kier alpha value is -0.940. The van der Waals surface area contributed by atoms with Gasteiger partial charge >= 0.3 is 0 Å². The monoisotopic (exact) mass is 310 g/mol. The average molecular weight is 311 g/mol. The van der Waals surface area contributed by atoms with Crippen LogP contribution >= 0.6 is 24.8 Å². The second-order valence-corrected chi connectivity index (χ2v) is 5.42. The van der Waals surface area contributed by atoms with Crippen molar-refractivity contribution in [3.63, 3.8) is 0 Å². The first-order valence-electron chi connectivity index (χ1n) is 5.67. The van der Waals surface area contributed by atoms with E-state index in [0.29, 0.717) is 11.4 Å². The summed E-state index contributed by atoms with van der Waals surface area (Å²) in [5.41, 5.74) is 5.91. The van der Waals surface area contributed by atoms with Gasteiger partial charge in [0.2, 0.25) is 0 Å². The van der Waals surface area contributed by atoms with Crippen LogP contribution in [0.15, 0.2) is 54.7 Å². The van der Waals surface area contributed by atoms with E-state index in [0.717, 1.165) is 5.69 Å². The van der Waals surface area contributed by atoms with E-state index in [4.69, 9.17) is 24.8 Å². The van der Waals surface area contributed by atoms with Crippen molar-refractivity contribution >= 4 is 29.8 Å². The van der Waals surface area contributed by atoms with Crippen LogP contribution in [0.3, 0.4) is 0 Å². The second kappa shape index (κ2) is 7.01. The Morgan fingerprint density at radius 3 is 2.32 bits per heavy atom. The van der Waals surface area contributed by atoms with Gasteiger partial charge in [-0.15, -0.1) is 0 Å². The van der Waals surface area contributed by atoms with Crippen LogP contribution in [0.5, 0.6) is 0 Å². The molecule has 0 saturated carbocycles. The third kappa shape index (κ3) is 3.76. The number of hydrogen-bond acceptors (Lipinski definition) is 3. The van der Waals surface area contributed by atoms with Crippen LogP contribution in [-0.2, 0) is 11.2 Å². The fourth-order valence-corrected chi connectivity index (χ4v) is 2.32. The van der Waals surface area contributed by atoms with E-state index >= 15 is 0 Å². The molecule has 1 unspecified atom stereocenters. The lowest BCUT2D eigenvalue weighted by Crippen LogP contribution is -3.00. The number of thiocarbonyl (C=S) groups is 1. The van der Waals surface area contributed by atoms with E-state index in [1.165, 1.54) is 5.56 Å². The molecule has 1 heterocycles. The van der Waals surface area contributed by atoms with E-state index in [9.17, 15) is 0 Å². The highest BCUT2D eigenvalue weighted by Gasteiger charge is 2.36. The molecule has 19 heavy (non-hydrogen) atoms. The minimum Gasteiger partial charge on any atom is -1.00 e. The van der Waals surface area contributed by atoms with Gasteiger partial charge in [-0.1, -0.05) is 36.4 Å². The molecule has 0 aliphatic heterocycles. The summed E-state index contributed by atoms with van der Waals surface area (Å²) in [4.78, 5) is 4.96. The third-order valence-electron chi connectivity index (χ3n) is 2.85. The van der Waals surface area contributed by atoms with Gasteiger partial charge in [0.05, 0.1) is 5.69 Å². The van der Waals surface area contributed by atoms with Crippen LogP contribution in [0.4, 0.5) is 0 Å². The Morgan fingerprint density at radius 2 is 1.79 bits per heavy atom. The quantitative estimate of drug-likeness (QED) is 0.563. The van der Waals surface area contributed by atoms with Gasteiger partial charge in [-0.05, 0) is 29.9 Å². The lowest BCUT2D eigenvalue weighted by atomic mass is 9.94. The molecule has 0 radical (unpaired) electrons. The van der Waals surface area contributed by atoms with Crippen LogP contribution in [-0.4, -0.2) is 9.97 Å². The smallest absolute Gasteiger partial charge is 0.191 e. The molecule has 100 valence electrons. The number of halogens is 1. The first-order valence-corrected chi connectivity index (χ1v) is 6.53. The highest BCUT2D eigenvalue weighted by Crippen LogP contribution is 2.31. The molecule has 5 heteroatoms. The summed E-state index contributed by atoms with van der Waals surface area (Å²) < 4.78 is -0.599. The Morgan fingerprint density at radius 1 is 1.16 bits per heavy atom. The summed E-state index contributed by atoms with van der Waals surface area (Å²) in [6, 6.07) is 15.9. The third-order valence-corrected chi connectivity index (χ3v) is 4.01. The van der Waals surface area contributed by atoms with Gasteiger partial charge in [0.15, 0.2) is 4.99 Å². The summed E-state index contributed by atoms with van der Waals surface area (Å²) >= 11 is 10.0. The molecule has 0 fully saturated rings. The lowest BCUT2D eigenvalue weighted by molar-refractivity contribution is -0.215. The largest absolute Gasteiger partial charge is 1.00 e. The number of thiol groups is 1. The Bertz CT molecular complexity index is 534. The summed E-state index contributed by atoms with van der Waals surface area (Å²) in [5, 5.41) is 0. The number of rotatable bonds is 4. The molecule has 1 aromatic carbocycles. The van der Waals surface area contributed by atoms with Gasteiger partial charge in [0.1, 0.15) is 4.75 Å². The zero-order chi connectivity index (χ0) is 13.0. The standard InChI is InChI=1S/C14H14N2S2.ClH/c15-13(17)14(18,12-8-4-5-9-16-12)10-11-6-2-1-3-7-11;/h1-9,18H,10H2,(H2,15,17);1H. The summed E-state index contributed by atoms with van der Waals surface area (Å²) in [7, 11) is 0. The van der Waals surface area contributed by atoms with E-state index in [2.05, 4.69) is 22.9 Å². The van der Waals surface area contributed by atoms with Gasteiger partial charge in [0.25, 0.3) is 0 Å². The maximum Gasteiger partial charge on any atom is 0.191 e. The zero-order valence-corrected chi connectivity index (χ0v) is 12.8. The fraction of sp³-hybridized carbons (Fsp3) is 0.143. The molecular formula is C14H15ClN2S2. The topological polar surface area (TPSA) is 40.5 Å². The molecule has 1 aromatic heterocycles. The van der Waals surface area contributed by atoms with Crippen LogP contribution in [0.2, 0.25) is 0 Å². The number of hydrogen-bond donors (Lipinski definition) is 2. The lowest BCUT2D eigenvalue weighted by Gasteiger charge is -2.24. The van der Waals surface area contributed by atoms with Crippen molar-refractivity contribution in [1.82, 2.24) is 4.98 Å². The fourth-order valence-electron chi connectivity index (χ4n) is 1.83. The maximum absolute atomic E-state index is 5.28. The maximum atomic E-state index is 5.28. The summed E-state index contributed by atoms with van der Waals surface area (Å²) in [6.07, 6.45) is 2.44. The minimum atomic E-state index is -0.599. The second-order valence-electron chi connectivity index (χ2n) is 4.16. The van der Waals surface area contributed by atoms with E-state index < -0.39 is 4.75 Å². The van der Waals surface area contributed by atoms with Gasteiger partial charge in [0, 0.05) is 12.6 Å². The van der Waals surface area contributed by atoms with Crippen molar-refractivity contribution in [2.24, 2.45) is 0 Å². The van der Waals surface area contributed by atoms with E-state index in [1.807, 2.05) is 36.4 Å². The summed E-state index contributed by atoms with van der Waals surface area (Å²) in [5.74, 6) is 0. The van der Waals surface area contributed by atoms with Crippen molar-refractivity contribution in [2.75, 3.05) is 0 Å². The Labute approximate surface area is 130 Å². The number of quaternary nitrogens is 1. The highest BCUT2D eigenvalue weighted by atomic mass is 35.5. The van der Waals surface area contributed by atoms with Gasteiger partial charge in [-0.3, -0.25) is 4.98 Å².